The Hall–Kier alpha value is -2.82. The molecule has 0 saturated heterocycles. The van der Waals surface area contributed by atoms with E-state index in [2.05, 4.69) is 15.2 Å². The maximum atomic E-state index is 9.43. The van der Waals surface area contributed by atoms with Crippen LogP contribution in [0.25, 0.3) is 0 Å². The number of phenolic OH excluding ortho intramolecular Hbond substituents is 2. The molecule has 0 aliphatic heterocycles. The first-order valence-electron chi connectivity index (χ1n) is 6.64. The Bertz CT molecular complexity index is 691. The Labute approximate surface area is 121 Å². The number of rotatable bonds is 4. The molecule has 0 fully saturated rings. The van der Waals surface area contributed by atoms with Crippen LogP contribution in [0.4, 0.5) is 0 Å². The Morgan fingerprint density at radius 2 is 1.52 bits per heavy atom. The van der Waals surface area contributed by atoms with Crippen molar-refractivity contribution in [1.82, 2.24) is 15.2 Å². The molecule has 3 rings (SSSR count). The van der Waals surface area contributed by atoms with Crippen LogP contribution in [0.5, 0.6) is 11.5 Å². The van der Waals surface area contributed by atoms with E-state index in [-0.39, 0.29) is 17.4 Å². The number of aromatic amines is 1. The fourth-order valence-corrected chi connectivity index (χ4v) is 2.33. The van der Waals surface area contributed by atoms with Crippen molar-refractivity contribution in [2.75, 3.05) is 0 Å². The molecule has 3 aromatic rings. The second kappa shape index (κ2) is 5.66. The topological polar surface area (TPSA) is 82.0 Å². The number of aromatic nitrogens is 3. The number of H-pyrrole nitrogens is 1. The average molecular weight is 281 g/mol. The lowest BCUT2D eigenvalue weighted by molar-refractivity contribution is 0.474. The molecule has 1 aromatic heterocycles. The smallest absolute Gasteiger partial charge is 0.137 e. The van der Waals surface area contributed by atoms with Gasteiger partial charge in [-0.05, 0) is 41.8 Å². The standard InChI is InChI=1S/C16H15N3O2/c20-13-5-1-11(2-6-13)9-15(16-17-10-18-19-16)12-3-7-14(21)8-4-12/h1-8,10,15,20-21H,9H2,(H,17,18,19). The summed E-state index contributed by atoms with van der Waals surface area (Å²) >= 11 is 0. The second-order valence-electron chi connectivity index (χ2n) is 4.89. The van der Waals surface area contributed by atoms with Gasteiger partial charge < -0.3 is 10.2 Å². The van der Waals surface area contributed by atoms with Crippen molar-refractivity contribution in [1.29, 1.82) is 0 Å². The van der Waals surface area contributed by atoms with Crippen molar-refractivity contribution in [3.8, 4) is 11.5 Å². The molecular formula is C16H15N3O2. The summed E-state index contributed by atoms with van der Waals surface area (Å²) in [6.45, 7) is 0. The quantitative estimate of drug-likeness (QED) is 0.686. The maximum absolute atomic E-state index is 9.43. The van der Waals surface area contributed by atoms with E-state index >= 15 is 0 Å². The molecule has 2 aromatic carbocycles. The third-order valence-corrected chi connectivity index (χ3v) is 3.44. The van der Waals surface area contributed by atoms with Gasteiger partial charge in [0.1, 0.15) is 23.7 Å². The molecule has 0 aliphatic rings. The Balaban J connectivity index is 1.93. The summed E-state index contributed by atoms with van der Waals surface area (Å²) in [7, 11) is 0. The van der Waals surface area contributed by atoms with Gasteiger partial charge in [0.05, 0.1) is 0 Å². The normalized spacial score (nSPS) is 12.2. The summed E-state index contributed by atoms with van der Waals surface area (Å²) in [6.07, 6.45) is 2.21. The van der Waals surface area contributed by atoms with Crippen LogP contribution >= 0.6 is 0 Å². The van der Waals surface area contributed by atoms with Gasteiger partial charge in [-0.3, -0.25) is 5.10 Å². The van der Waals surface area contributed by atoms with Gasteiger partial charge >= 0.3 is 0 Å². The first-order valence-corrected chi connectivity index (χ1v) is 6.64. The molecular weight excluding hydrogens is 266 g/mol. The zero-order valence-corrected chi connectivity index (χ0v) is 11.3. The molecule has 0 saturated carbocycles. The molecule has 1 atom stereocenters. The maximum Gasteiger partial charge on any atom is 0.137 e. The summed E-state index contributed by atoms with van der Waals surface area (Å²) in [5.74, 6) is 1.27. The van der Waals surface area contributed by atoms with Gasteiger partial charge in [0.25, 0.3) is 0 Å². The van der Waals surface area contributed by atoms with E-state index in [1.165, 1.54) is 6.33 Å². The van der Waals surface area contributed by atoms with Gasteiger partial charge in [0.2, 0.25) is 0 Å². The minimum absolute atomic E-state index is 0.0117. The molecule has 0 aliphatic carbocycles. The van der Waals surface area contributed by atoms with Gasteiger partial charge in [0, 0.05) is 5.92 Å². The second-order valence-corrected chi connectivity index (χ2v) is 4.89. The summed E-state index contributed by atoms with van der Waals surface area (Å²) in [5, 5.41) is 25.6. The van der Waals surface area contributed by atoms with Crippen LogP contribution in [-0.4, -0.2) is 25.4 Å². The van der Waals surface area contributed by atoms with Crippen molar-refractivity contribution in [2.24, 2.45) is 0 Å². The summed E-state index contributed by atoms with van der Waals surface area (Å²) in [5.41, 5.74) is 2.12. The van der Waals surface area contributed by atoms with E-state index in [9.17, 15) is 10.2 Å². The van der Waals surface area contributed by atoms with E-state index in [0.717, 1.165) is 23.4 Å². The van der Waals surface area contributed by atoms with Crippen LogP contribution in [0.1, 0.15) is 22.9 Å². The molecule has 3 N–H and O–H groups in total. The zero-order chi connectivity index (χ0) is 14.7. The Morgan fingerprint density at radius 3 is 2.10 bits per heavy atom. The summed E-state index contributed by atoms with van der Waals surface area (Å²) in [4.78, 5) is 4.25. The van der Waals surface area contributed by atoms with Crippen LogP contribution in [0.3, 0.4) is 0 Å². The van der Waals surface area contributed by atoms with Gasteiger partial charge in [-0.1, -0.05) is 24.3 Å². The number of hydrogen-bond donors (Lipinski definition) is 3. The van der Waals surface area contributed by atoms with Crippen molar-refractivity contribution in [3.63, 3.8) is 0 Å². The van der Waals surface area contributed by atoms with Gasteiger partial charge in [0.15, 0.2) is 0 Å². The van der Waals surface area contributed by atoms with E-state index < -0.39 is 0 Å². The lowest BCUT2D eigenvalue weighted by atomic mass is 9.91. The first kappa shape index (κ1) is 13.2. The van der Waals surface area contributed by atoms with E-state index in [1.54, 1.807) is 24.3 Å². The van der Waals surface area contributed by atoms with Crippen molar-refractivity contribution in [2.45, 2.75) is 12.3 Å². The van der Waals surface area contributed by atoms with E-state index in [4.69, 9.17) is 0 Å². The van der Waals surface area contributed by atoms with Crippen molar-refractivity contribution in [3.05, 3.63) is 71.8 Å². The number of hydrogen-bond acceptors (Lipinski definition) is 4. The van der Waals surface area contributed by atoms with Crippen LogP contribution in [-0.2, 0) is 6.42 Å². The number of aromatic hydroxyl groups is 2. The predicted octanol–water partition coefficient (Wildman–Crippen LogP) is 2.59. The highest BCUT2D eigenvalue weighted by Crippen LogP contribution is 2.27. The molecule has 0 spiro atoms. The monoisotopic (exact) mass is 281 g/mol. The third kappa shape index (κ3) is 3.02. The minimum Gasteiger partial charge on any atom is -0.508 e. The third-order valence-electron chi connectivity index (χ3n) is 3.44. The van der Waals surface area contributed by atoms with Crippen LogP contribution in [0.2, 0.25) is 0 Å². The first-order chi connectivity index (χ1) is 10.2. The summed E-state index contributed by atoms with van der Waals surface area (Å²) in [6, 6.07) is 14.2. The zero-order valence-electron chi connectivity index (χ0n) is 11.3. The molecule has 0 radical (unpaired) electrons. The van der Waals surface area contributed by atoms with E-state index in [0.29, 0.717) is 0 Å². The highest BCUT2D eigenvalue weighted by molar-refractivity contribution is 5.34. The molecule has 0 bridgehead atoms. The minimum atomic E-state index is 0.0117. The molecule has 1 heterocycles. The van der Waals surface area contributed by atoms with Gasteiger partial charge in [-0.25, -0.2) is 4.98 Å². The average Bonchev–Trinajstić information content (AvgIpc) is 3.02. The molecule has 21 heavy (non-hydrogen) atoms. The van der Waals surface area contributed by atoms with Gasteiger partial charge in [-0.2, -0.15) is 5.10 Å². The highest BCUT2D eigenvalue weighted by Gasteiger charge is 2.18. The number of phenols is 2. The van der Waals surface area contributed by atoms with E-state index in [1.807, 2.05) is 24.3 Å². The number of nitrogens with one attached hydrogen (secondary N) is 1. The van der Waals surface area contributed by atoms with Crippen molar-refractivity contribution < 1.29 is 10.2 Å². The fraction of sp³-hybridized carbons (Fsp3) is 0.125. The predicted molar refractivity (Wildman–Crippen MR) is 78.1 cm³/mol. The molecule has 5 nitrogen and oxygen atoms in total. The summed E-state index contributed by atoms with van der Waals surface area (Å²) < 4.78 is 0. The SMILES string of the molecule is Oc1ccc(CC(c2ccc(O)cc2)c2ncn[nH]2)cc1. The van der Waals surface area contributed by atoms with Gasteiger partial charge in [-0.15, -0.1) is 0 Å². The Morgan fingerprint density at radius 1 is 0.905 bits per heavy atom. The Kier molecular flexibility index (Phi) is 3.55. The van der Waals surface area contributed by atoms with Crippen LogP contribution < -0.4 is 0 Å². The lowest BCUT2D eigenvalue weighted by Gasteiger charge is -2.15. The molecule has 0 amide bonds. The molecule has 106 valence electrons. The fourth-order valence-electron chi connectivity index (χ4n) is 2.33. The van der Waals surface area contributed by atoms with Crippen LogP contribution in [0, 0.1) is 0 Å². The van der Waals surface area contributed by atoms with Crippen LogP contribution in [0.15, 0.2) is 54.9 Å². The molecule has 1 unspecified atom stereocenters. The lowest BCUT2D eigenvalue weighted by Crippen LogP contribution is -2.07. The molecule has 5 heteroatoms. The number of benzene rings is 2. The number of nitrogens with zero attached hydrogens (tertiary/aromatic N) is 2. The van der Waals surface area contributed by atoms with Crippen molar-refractivity contribution >= 4 is 0 Å². The highest BCUT2D eigenvalue weighted by atomic mass is 16.3. The largest absolute Gasteiger partial charge is 0.508 e.